The summed E-state index contributed by atoms with van der Waals surface area (Å²) in [4.78, 5) is 21.6. The molecule has 104 valence electrons. The molecule has 0 aliphatic carbocycles. The van der Waals surface area contributed by atoms with Crippen molar-refractivity contribution in [3.8, 4) is 0 Å². The zero-order chi connectivity index (χ0) is 13.7. The van der Waals surface area contributed by atoms with Crippen molar-refractivity contribution in [2.45, 2.75) is 40.5 Å². The first-order valence-corrected chi connectivity index (χ1v) is 6.96. The van der Waals surface area contributed by atoms with E-state index < -0.39 is 0 Å². The van der Waals surface area contributed by atoms with Crippen molar-refractivity contribution in [1.29, 1.82) is 0 Å². The topological polar surface area (TPSA) is 58.2 Å². The first kappa shape index (κ1) is 15.0. The van der Waals surface area contributed by atoms with Crippen molar-refractivity contribution in [3.05, 3.63) is 0 Å². The van der Waals surface area contributed by atoms with Crippen LogP contribution >= 0.6 is 0 Å². The van der Waals surface area contributed by atoms with Gasteiger partial charge >= 0.3 is 0 Å². The molecule has 2 aliphatic heterocycles. The van der Waals surface area contributed by atoms with Gasteiger partial charge in [0.05, 0.1) is 0 Å². The van der Waals surface area contributed by atoms with Crippen molar-refractivity contribution in [3.63, 3.8) is 0 Å². The highest BCUT2D eigenvalue weighted by Gasteiger charge is 2.26. The lowest BCUT2D eigenvalue weighted by molar-refractivity contribution is -0.123. The van der Waals surface area contributed by atoms with Gasteiger partial charge in [0.1, 0.15) is 0 Å². The Kier molecular flexibility index (Phi) is 5.63. The molecule has 2 N–H and O–H groups in total. The van der Waals surface area contributed by atoms with Crippen molar-refractivity contribution in [2.24, 2.45) is 23.7 Å². The van der Waals surface area contributed by atoms with E-state index in [1.54, 1.807) is 0 Å². The molecular weight excluding hydrogens is 228 g/mol. The van der Waals surface area contributed by atoms with E-state index in [0.717, 1.165) is 25.9 Å². The molecule has 0 aromatic rings. The molecule has 2 saturated heterocycles. The third kappa shape index (κ3) is 4.31. The summed E-state index contributed by atoms with van der Waals surface area (Å²) in [6.07, 6.45) is 1.76. The number of nitrogens with one attached hydrogen (secondary N) is 2. The molecule has 2 heterocycles. The van der Waals surface area contributed by atoms with Crippen LogP contribution in [-0.4, -0.2) is 24.9 Å². The summed E-state index contributed by atoms with van der Waals surface area (Å²) < 4.78 is 0. The Labute approximate surface area is 110 Å². The summed E-state index contributed by atoms with van der Waals surface area (Å²) in [5.41, 5.74) is 0. The van der Waals surface area contributed by atoms with Crippen LogP contribution in [0.25, 0.3) is 0 Å². The first-order valence-electron chi connectivity index (χ1n) is 6.96. The minimum absolute atomic E-state index is 0.216. The summed E-state index contributed by atoms with van der Waals surface area (Å²) in [6.45, 7) is 10.3. The summed E-state index contributed by atoms with van der Waals surface area (Å²) in [5.74, 6) is 2.47. The largest absolute Gasteiger partial charge is 0.356 e. The highest BCUT2D eigenvalue weighted by atomic mass is 16.2. The van der Waals surface area contributed by atoms with Crippen molar-refractivity contribution < 1.29 is 9.59 Å². The maximum atomic E-state index is 10.9. The molecule has 18 heavy (non-hydrogen) atoms. The molecule has 2 amide bonds. The van der Waals surface area contributed by atoms with E-state index in [4.69, 9.17) is 0 Å². The zero-order valence-corrected chi connectivity index (χ0v) is 12.0. The smallest absolute Gasteiger partial charge is 0.223 e. The molecule has 2 rings (SSSR count). The summed E-state index contributed by atoms with van der Waals surface area (Å²) in [6, 6.07) is 0. The normalized spacial score (nSPS) is 27.0. The Hall–Kier alpha value is -1.06. The molecule has 2 atom stereocenters. The maximum absolute atomic E-state index is 10.9. The molecule has 0 radical (unpaired) electrons. The van der Waals surface area contributed by atoms with E-state index in [0.29, 0.717) is 17.8 Å². The van der Waals surface area contributed by atoms with Gasteiger partial charge in [-0.3, -0.25) is 9.59 Å². The van der Waals surface area contributed by atoms with Crippen LogP contribution < -0.4 is 10.6 Å². The second-order valence-electron chi connectivity index (χ2n) is 5.94. The van der Waals surface area contributed by atoms with Gasteiger partial charge in [0.25, 0.3) is 0 Å². The fraction of sp³-hybridized carbons (Fsp3) is 0.857. The van der Waals surface area contributed by atoms with Gasteiger partial charge < -0.3 is 10.6 Å². The van der Waals surface area contributed by atoms with Gasteiger partial charge in [-0.1, -0.05) is 27.7 Å². The van der Waals surface area contributed by atoms with E-state index in [9.17, 15) is 9.59 Å². The van der Waals surface area contributed by atoms with Crippen molar-refractivity contribution in [2.75, 3.05) is 13.1 Å². The van der Waals surface area contributed by atoms with Gasteiger partial charge in [-0.05, 0) is 24.2 Å². The molecule has 0 aromatic heterocycles. The van der Waals surface area contributed by atoms with Gasteiger partial charge in [0.2, 0.25) is 11.8 Å². The summed E-state index contributed by atoms with van der Waals surface area (Å²) in [7, 11) is 0. The second kappa shape index (κ2) is 6.76. The van der Waals surface area contributed by atoms with E-state index in [2.05, 4.69) is 38.3 Å². The number of carbonyl (C=O) groups is 2. The molecular formula is C14H26N2O2. The minimum Gasteiger partial charge on any atom is -0.356 e. The summed E-state index contributed by atoms with van der Waals surface area (Å²) in [5, 5.41) is 5.62. The lowest BCUT2D eigenvalue weighted by atomic mass is 9.95. The van der Waals surface area contributed by atoms with Crippen LogP contribution in [-0.2, 0) is 9.59 Å². The monoisotopic (exact) mass is 254 g/mol. The average Bonchev–Trinajstić information content (AvgIpc) is 2.87. The van der Waals surface area contributed by atoms with Crippen LogP contribution in [0.1, 0.15) is 40.5 Å². The van der Waals surface area contributed by atoms with Gasteiger partial charge in [-0.2, -0.15) is 0 Å². The number of amides is 2. The standard InChI is InChI=1S/2C7H13NO/c1-5(2)6-3-7(9)8-4-6;1-5(2)6-3-4-8-7(6)9/h2*5-6H,3-4H2,1-2H3,(H,8,9). The van der Waals surface area contributed by atoms with Crippen LogP contribution in [0, 0.1) is 23.7 Å². The molecule has 4 nitrogen and oxygen atoms in total. The summed E-state index contributed by atoms with van der Waals surface area (Å²) >= 11 is 0. The van der Waals surface area contributed by atoms with Crippen LogP contribution in [0.2, 0.25) is 0 Å². The van der Waals surface area contributed by atoms with Crippen LogP contribution in [0.4, 0.5) is 0 Å². The van der Waals surface area contributed by atoms with E-state index >= 15 is 0 Å². The molecule has 2 unspecified atom stereocenters. The predicted molar refractivity (Wildman–Crippen MR) is 71.9 cm³/mol. The van der Waals surface area contributed by atoms with E-state index in [1.807, 2.05) is 0 Å². The van der Waals surface area contributed by atoms with Gasteiger partial charge in [0.15, 0.2) is 0 Å². The van der Waals surface area contributed by atoms with E-state index in [-0.39, 0.29) is 17.7 Å². The Morgan fingerprint density at radius 3 is 1.94 bits per heavy atom. The molecule has 0 saturated carbocycles. The first-order chi connectivity index (χ1) is 8.41. The van der Waals surface area contributed by atoms with Crippen LogP contribution in [0.3, 0.4) is 0 Å². The maximum Gasteiger partial charge on any atom is 0.223 e. The lowest BCUT2D eigenvalue weighted by Crippen LogP contribution is -2.22. The third-order valence-electron chi connectivity index (χ3n) is 3.85. The van der Waals surface area contributed by atoms with Gasteiger partial charge in [-0.25, -0.2) is 0 Å². The SMILES string of the molecule is CC(C)C1CCNC1=O.CC(C)C1CNC(=O)C1. The number of hydrogen-bond acceptors (Lipinski definition) is 2. The number of carbonyl (C=O) groups excluding carboxylic acids is 2. The molecule has 0 aromatic carbocycles. The lowest BCUT2D eigenvalue weighted by Gasteiger charge is -2.09. The number of rotatable bonds is 2. The van der Waals surface area contributed by atoms with E-state index in [1.165, 1.54) is 0 Å². The molecule has 4 heteroatoms. The quantitative estimate of drug-likeness (QED) is 0.785. The average molecular weight is 254 g/mol. The second-order valence-corrected chi connectivity index (χ2v) is 5.94. The Morgan fingerprint density at radius 1 is 1.06 bits per heavy atom. The third-order valence-corrected chi connectivity index (χ3v) is 3.85. The van der Waals surface area contributed by atoms with Gasteiger partial charge in [0, 0.05) is 25.4 Å². The predicted octanol–water partition coefficient (Wildman–Crippen LogP) is 1.56. The molecule has 0 spiro atoms. The molecule has 2 aliphatic rings. The van der Waals surface area contributed by atoms with Crippen LogP contribution in [0.5, 0.6) is 0 Å². The fourth-order valence-electron chi connectivity index (χ4n) is 2.35. The highest BCUT2D eigenvalue weighted by Crippen LogP contribution is 2.18. The van der Waals surface area contributed by atoms with Crippen molar-refractivity contribution in [1.82, 2.24) is 10.6 Å². The molecule has 2 fully saturated rings. The van der Waals surface area contributed by atoms with Gasteiger partial charge in [-0.15, -0.1) is 0 Å². The van der Waals surface area contributed by atoms with Crippen LogP contribution in [0.15, 0.2) is 0 Å². The Balaban J connectivity index is 0.000000180. The minimum atomic E-state index is 0.216. The van der Waals surface area contributed by atoms with Crippen molar-refractivity contribution >= 4 is 11.8 Å². The Morgan fingerprint density at radius 2 is 1.72 bits per heavy atom. The highest BCUT2D eigenvalue weighted by molar-refractivity contribution is 5.80. The molecule has 0 bridgehead atoms. The number of hydrogen-bond donors (Lipinski definition) is 2. The Bertz CT molecular complexity index is 300. The fourth-order valence-corrected chi connectivity index (χ4v) is 2.35. The zero-order valence-electron chi connectivity index (χ0n) is 12.0.